The molecular weight excluding hydrogens is 332 g/mol. The monoisotopic (exact) mass is 356 g/mol. The van der Waals surface area contributed by atoms with E-state index < -0.39 is 0 Å². The number of hydrogen-bond acceptors (Lipinski definition) is 6. The van der Waals surface area contributed by atoms with Gasteiger partial charge in [0.25, 0.3) is 0 Å². The largest absolute Gasteiger partial charge is 0.490 e. The van der Waals surface area contributed by atoms with E-state index in [1.54, 1.807) is 0 Å². The number of hydrogen-bond donors (Lipinski definition) is 1. The van der Waals surface area contributed by atoms with Gasteiger partial charge in [0.2, 0.25) is 0 Å². The number of rotatable bonds is 4. The first kappa shape index (κ1) is 19.6. The Balaban J connectivity index is 0.000000758. The lowest BCUT2D eigenvalue weighted by Crippen LogP contribution is -2.27. The second-order valence-electron chi connectivity index (χ2n) is 6.50. The molecule has 0 bridgehead atoms. The maximum absolute atomic E-state index is 11.8. The van der Waals surface area contributed by atoms with Crippen molar-refractivity contribution in [3.63, 3.8) is 0 Å². The second-order valence-corrected chi connectivity index (χ2v) is 6.50. The molecule has 6 heteroatoms. The maximum Gasteiger partial charge on any atom is 0.373 e. The molecule has 0 saturated heterocycles. The molecule has 2 aromatic rings. The first-order valence-corrected chi connectivity index (χ1v) is 8.84. The first-order valence-electron chi connectivity index (χ1n) is 8.84. The van der Waals surface area contributed by atoms with Crippen LogP contribution in [0.1, 0.15) is 44.7 Å². The van der Waals surface area contributed by atoms with Crippen molar-refractivity contribution in [1.29, 1.82) is 0 Å². The predicted octanol–water partition coefficient (Wildman–Crippen LogP) is 3.46. The minimum atomic E-state index is 0.155. The predicted molar refractivity (Wildman–Crippen MR) is 97.6 cm³/mol. The number of carbonyl (C=O) groups is 1. The Morgan fingerprint density at radius 1 is 1.27 bits per heavy atom. The molecule has 1 aliphatic rings. The van der Waals surface area contributed by atoms with Crippen molar-refractivity contribution in [2.24, 2.45) is 5.92 Å². The molecule has 1 aromatic heterocycles. The minimum absolute atomic E-state index is 0.155. The van der Waals surface area contributed by atoms with Crippen LogP contribution in [0.5, 0.6) is 5.75 Å². The molecule has 1 aromatic carbocycles. The van der Waals surface area contributed by atoms with Crippen LogP contribution in [0, 0.1) is 12.8 Å². The van der Waals surface area contributed by atoms with Gasteiger partial charge in [-0.05, 0) is 50.8 Å². The standard InChI is InChI=1S/C19H24N2O2.CO2/c1-3-17(22)13-7-9-14(10-8-13)23-18-6-4-5-16-19(18)15(20)11-12(2)21-16;2-1-3/h4-6,11,13-14H,3,7-10H2,1-2H3,(H2,20,21);. The van der Waals surface area contributed by atoms with Crippen molar-refractivity contribution in [2.75, 3.05) is 5.73 Å². The van der Waals surface area contributed by atoms with Crippen LogP contribution < -0.4 is 10.5 Å². The van der Waals surface area contributed by atoms with Crippen LogP contribution in [-0.2, 0) is 14.4 Å². The average Bonchev–Trinajstić information content (AvgIpc) is 2.62. The summed E-state index contributed by atoms with van der Waals surface area (Å²) in [5, 5.41) is 0.893. The number of ether oxygens (including phenoxy) is 1. The fourth-order valence-electron chi connectivity index (χ4n) is 3.49. The summed E-state index contributed by atoms with van der Waals surface area (Å²) in [5.41, 5.74) is 8.66. The Morgan fingerprint density at radius 3 is 2.54 bits per heavy atom. The fraction of sp³-hybridized carbons (Fsp3) is 0.450. The maximum atomic E-state index is 11.8. The molecule has 0 unspecified atom stereocenters. The molecule has 1 aliphatic carbocycles. The average molecular weight is 356 g/mol. The van der Waals surface area contributed by atoms with Crippen molar-refractivity contribution in [2.45, 2.75) is 52.1 Å². The van der Waals surface area contributed by atoms with E-state index in [4.69, 9.17) is 20.1 Å². The summed E-state index contributed by atoms with van der Waals surface area (Å²) >= 11 is 0. The van der Waals surface area contributed by atoms with Crippen molar-refractivity contribution in [1.82, 2.24) is 4.98 Å². The van der Waals surface area contributed by atoms with Crippen LogP contribution in [0.4, 0.5) is 5.69 Å². The van der Waals surface area contributed by atoms with Crippen LogP contribution in [0.25, 0.3) is 10.9 Å². The number of carbonyl (C=O) groups excluding carboxylic acids is 3. The van der Waals surface area contributed by atoms with E-state index in [1.807, 2.05) is 38.1 Å². The Labute approximate surface area is 152 Å². The minimum Gasteiger partial charge on any atom is -0.490 e. The van der Waals surface area contributed by atoms with Gasteiger partial charge >= 0.3 is 6.15 Å². The first-order chi connectivity index (χ1) is 12.5. The number of nitrogens with zero attached hydrogens (tertiary/aromatic N) is 1. The number of ketones is 1. The van der Waals surface area contributed by atoms with Crippen LogP contribution >= 0.6 is 0 Å². The highest BCUT2D eigenvalue weighted by Crippen LogP contribution is 2.34. The molecule has 138 valence electrons. The van der Waals surface area contributed by atoms with Gasteiger partial charge in [-0.2, -0.15) is 9.59 Å². The molecule has 0 spiro atoms. The number of anilines is 1. The zero-order valence-corrected chi connectivity index (χ0v) is 15.2. The number of benzene rings is 1. The van der Waals surface area contributed by atoms with Gasteiger partial charge in [0, 0.05) is 23.7 Å². The van der Waals surface area contributed by atoms with Crippen molar-refractivity contribution in [3.05, 3.63) is 30.0 Å². The molecule has 0 radical (unpaired) electrons. The number of pyridine rings is 1. The number of Topliss-reactive ketones (excluding diaryl/α,β-unsaturated/α-hetero) is 1. The topological polar surface area (TPSA) is 99.3 Å². The smallest absolute Gasteiger partial charge is 0.373 e. The SMILES string of the molecule is CCC(=O)C1CCC(Oc2cccc3nc(C)cc(N)c23)CC1.O=C=O. The molecule has 1 fully saturated rings. The molecule has 26 heavy (non-hydrogen) atoms. The van der Waals surface area contributed by atoms with Crippen LogP contribution in [0.15, 0.2) is 24.3 Å². The van der Waals surface area contributed by atoms with Gasteiger partial charge in [-0.1, -0.05) is 13.0 Å². The number of aryl methyl sites for hydroxylation is 1. The van der Waals surface area contributed by atoms with E-state index in [0.717, 1.165) is 48.0 Å². The highest BCUT2D eigenvalue weighted by molar-refractivity contribution is 5.95. The highest BCUT2D eigenvalue weighted by Gasteiger charge is 2.26. The highest BCUT2D eigenvalue weighted by atomic mass is 16.5. The lowest BCUT2D eigenvalue weighted by atomic mass is 9.84. The Kier molecular flexibility index (Phi) is 6.87. The summed E-state index contributed by atoms with van der Waals surface area (Å²) in [6.07, 6.45) is 4.74. The molecule has 3 rings (SSSR count). The summed E-state index contributed by atoms with van der Waals surface area (Å²) < 4.78 is 6.22. The van der Waals surface area contributed by atoms with Gasteiger partial charge in [-0.25, -0.2) is 0 Å². The zero-order valence-electron chi connectivity index (χ0n) is 15.2. The third-order valence-corrected chi connectivity index (χ3v) is 4.73. The molecule has 0 aliphatic heterocycles. The van der Waals surface area contributed by atoms with Gasteiger partial charge in [-0.3, -0.25) is 9.78 Å². The third-order valence-electron chi connectivity index (χ3n) is 4.73. The fourth-order valence-corrected chi connectivity index (χ4v) is 3.49. The van der Waals surface area contributed by atoms with E-state index in [2.05, 4.69) is 4.98 Å². The second kappa shape index (κ2) is 9.11. The quantitative estimate of drug-likeness (QED) is 0.900. The summed E-state index contributed by atoms with van der Waals surface area (Å²) in [5.74, 6) is 1.41. The molecule has 0 atom stereocenters. The molecule has 1 saturated carbocycles. The van der Waals surface area contributed by atoms with Crippen molar-refractivity contribution < 1.29 is 19.1 Å². The van der Waals surface area contributed by atoms with Gasteiger partial charge in [0.05, 0.1) is 17.0 Å². The lowest BCUT2D eigenvalue weighted by molar-refractivity contribution is -0.191. The number of nitrogen functional groups attached to an aromatic ring is 1. The van der Waals surface area contributed by atoms with Crippen LogP contribution in [0.3, 0.4) is 0 Å². The molecule has 2 N–H and O–H groups in total. The Hall–Kier alpha value is -2.72. The van der Waals surface area contributed by atoms with Gasteiger partial charge in [0.1, 0.15) is 11.5 Å². The Bertz CT molecular complexity index is 805. The van der Waals surface area contributed by atoms with Gasteiger partial charge in [-0.15, -0.1) is 0 Å². The summed E-state index contributed by atoms with van der Waals surface area (Å²) in [6, 6.07) is 7.75. The lowest BCUT2D eigenvalue weighted by Gasteiger charge is -2.28. The van der Waals surface area contributed by atoms with E-state index >= 15 is 0 Å². The third kappa shape index (κ3) is 4.67. The number of nitrogens with two attached hydrogens (primary N) is 1. The molecular formula is C20H24N2O4. The van der Waals surface area contributed by atoms with Crippen LogP contribution in [-0.4, -0.2) is 23.0 Å². The van der Waals surface area contributed by atoms with Crippen molar-refractivity contribution >= 4 is 28.5 Å². The summed E-state index contributed by atoms with van der Waals surface area (Å²) in [7, 11) is 0. The molecule has 0 amide bonds. The Morgan fingerprint density at radius 2 is 1.92 bits per heavy atom. The molecule has 6 nitrogen and oxygen atoms in total. The van der Waals surface area contributed by atoms with Crippen molar-refractivity contribution in [3.8, 4) is 5.75 Å². The van der Waals surface area contributed by atoms with Crippen LogP contribution in [0.2, 0.25) is 0 Å². The van der Waals surface area contributed by atoms with E-state index in [0.29, 0.717) is 17.9 Å². The van der Waals surface area contributed by atoms with E-state index in [9.17, 15) is 4.79 Å². The van der Waals surface area contributed by atoms with E-state index in [-0.39, 0.29) is 18.2 Å². The number of aromatic nitrogens is 1. The summed E-state index contributed by atoms with van der Waals surface area (Å²) in [4.78, 5) is 32.6. The van der Waals surface area contributed by atoms with E-state index in [1.165, 1.54) is 0 Å². The summed E-state index contributed by atoms with van der Waals surface area (Å²) in [6.45, 7) is 3.88. The normalized spacial score (nSPS) is 19.2. The number of fused-ring (bicyclic) bond motifs is 1. The van der Waals surface area contributed by atoms with Gasteiger partial charge < -0.3 is 10.5 Å². The molecule has 1 heterocycles. The van der Waals surface area contributed by atoms with Gasteiger partial charge in [0.15, 0.2) is 0 Å². The zero-order chi connectivity index (χ0) is 19.1.